The summed E-state index contributed by atoms with van der Waals surface area (Å²) in [7, 11) is 0. The van der Waals surface area contributed by atoms with E-state index in [9.17, 15) is 13.6 Å². The van der Waals surface area contributed by atoms with E-state index in [0.29, 0.717) is 46.7 Å². The van der Waals surface area contributed by atoms with Crippen LogP contribution in [-0.4, -0.2) is 47.9 Å². The van der Waals surface area contributed by atoms with Gasteiger partial charge < -0.3 is 15.8 Å². The number of nitrogens with two attached hydrogens (primary N) is 1. The number of hydrogen-bond acceptors (Lipinski definition) is 6. The highest BCUT2D eigenvalue weighted by atomic mass is 35.5. The number of carbonyl (C=O) groups is 1. The Morgan fingerprint density at radius 2 is 1.55 bits per heavy atom. The minimum atomic E-state index is -1.05. The molecule has 1 aliphatic heterocycles. The molecule has 3 aromatic carbocycles. The molecule has 3 atom stereocenters. The van der Waals surface area contributed by atoms with Crippen LogP contribution in [0.25, 0.3) is 0 Å². The van der Waals surface area contributed by atoms with Crippen molar-refractivity contribution in [3.8, 4) is 0 Å². The van der Waals surface area contributed by atoms with Gasteiger partial charge in [0.1, 0.15) is 17.5 Å². The molecule has 44 heavy (non-hydrogen) atoms. The highest BCUT2D eigenvalue weighted by Crippen LogP contribution is 2.30. The van der Waals surface area contributed by atoms with Crippen molar-refractivity contribution in [2.45, 2.75) is 48.3 Å². The molecule has 0 saturated carbocycles. The van der Waals surface area contributed by atoms with Crippen molar-refractivity contribution in [2.75, 3.05) is 18.8 Å². The van der Waals surface area contributed by atoms with Crippen LogP contribution in [0.5, 0.6) is 0 Å². The lowest BCUT2D eigenvalue weighted by molar-refractivity contribution is -0.119. The number of morpholine rings is 1. The van der Waals surface area contributed by atoms with Crippen molar-refractivity contribution in [1.29, 1.82) is 0 Å². The average molecular weight is 640 g/mol. The summed E-state index contributed by atoms with van der Waals surface area (Å²) in [6.45, 7) is 1.37. The number of aromatic nitrogens is 1. The number of thioether (sulfide) groups is 1. The van der Waals surface area contributed by atoms with E-state index in [1.54, 1.807) is 36.0 Å². The molecule has 5 nitrogen and oxygen atoms in total. The lowest BCUT2D eigenvalue weighted by Gasteiger charge is -2.31. The van der Waals surface area contributed by atoms with E-state index in [2.05, 4.69) is 10.3 Å². The lowest BCUT2D eigenvalue weighted by atomic mass is 9.82. The molecule has 1 aromatic heterocycles. The molecular weight excluding hydrogens is 607 g/mol. The number of ketones is 1. The van der Waals surface area contributed by atoms with Gasteiger partial charge in [-0.3, -0.25) is 9.78 Å². The standard InChI is InChI=1S/C34H33ClF3N3O2S/c35-24-5-12-29(13-6-24)44-20-28-18-41-17-27(43-28)11-14-30-23(16-40-19-31(30)38)15-32(42)34(39)33(21-1-7-25(36)8-2-21)22-3-9-26(37)10-4-22/h1-10,12-13,16,19,27-28,33-34,41H,11,14-15,17-18,20,39H2/t27-,28+,34-/m1/s1. The van der Waals surface area contributed by atoms with Gasteiger partial charge in [-0.25, -0.2) is 13.2 Å². The third kappa shape index (κ3) is 8.49. The van der Waals surface area contributed by atoms with Crippen molar-refractivity contribution in [3.05, 3.63) is 130 Å². The van der Waals surface area contributed by atoms with E-state index < -0.39 is 29.4 Å². The summed E-state index contributed by atoms with van der Waals surface area (Å²) in [6, 6.07) is 18.0. The van der Waals surface area contributed by atoms with Crippen LogP contribution in [0, 0.1) is 17.5 Å². The van der Waals surface area contributed by atoms with E-state index in [1.165, 1.54) is 30.5 Å². The number of pyridine rings is 1. The predicted molar refractivity (Wildman–Crippen MR) is 168 cm³/mol. The lowest BCUT2D eigenvalue weighted by Crippen LogP contribution is -2.46. The maximum Gasteiger partial charge on any atom is 0.154 e. The summed E-state index contributed by atoms with van der Waals surface area (Å²) in [6.07, 6.45) is 3.29. The Kier molecular flexibility index (Phi) is 11.1. The minimum absolute atomic E-state index is 0.00869. The van der Waals surface area contributed by atoms with Crippen LogP contribution >= 0.6 is 23.4 Å². The third-order valence-corrected chi connectivity index (χ3v) is 9.14. The molecule has 10 heteroatoms. The molecule has 0 aliphatic carbocycles. The van der Waals surface area contributed by atoms with Crippen LogP contribution in [-0.2, 0) is 22.4 Å². The third-order valence-electron chi connectivity index (χ3n) is 7.74. The summed E-state index contributed by atoms with van der Waals surface area (Å²) in [5, 5.41) is 4.10. The zero-order chi connectivity index (χ0) is 31.1. The number of benzene rings is 3. The van der Waals surface area contributed by atoms with Crippen molar-refractivity contribution in [1.82, 2.24) is 10.3 Å². The molecule has 0 amide bonds. The molecule has 5 rings (SSSR count). The number of Topliss-reactive ketones (excluding diaryl/α,β-unsaturated/α-hetero) is 1. The second-order valence-electron chi connectivity index (χ2n) is 10.9. The van der Waals surface area contributed by atoms with Crippen LogP contribution in [0.3, 0.4) is 0 Å². The van der Waals surface area contributed by atoms with Crippen LogP contribution in [0.4, 0.5) is 13.2 Å². The fraction of sp³-hybridized carbons (Fsp3) is 0.294. The second-order valence-corrected chi connectivity index (χ2v) is 12.4. The monoisotopic (exact) mass is 639 g/mol. The zero-order valence-corrected chi connectivity index (χ0v) is 25.5. The van der Waals surface area contributed by atoms with Gasteiger partial charge in [0.15, 0.2) is 5.78 Å². The van der Waals surface area contributed by atoms with Crippen LogP contribution in [0.15, 0.2) is 90.1 Å². The normalized spacial score (nSPS) is 17.5. The van der Waals surface area contributed by atoms with Gasteiger partial charge in [0.2, 0.25) is 0 Å². The van der Waals surface area contributed by atoms with Gasteiger partial charge in [-0.15, -0.1) is 11.8 Å². The maximum atomic E-state index is 15.1. The summed E-state index contributed by atoms with van der Waals surface area (Å²) in [5.41, 5.74) is 8.62. The average Bonchev–Trinajstić information content (AvgIpc) is 3.02. The van der Waals surface area contributed by atoms with Crippen molar-refractivity contribution >= 4 is 29.1 Å². The van der Waals surface area contributed by atoms with Crippen molar-refractivity contribution in [3.63, 3.8) is 0 Å². The number of nitrogens with one attached hydrogen (secondary N) is 1. The topological polar surface area (TPSA) is 77.2 Å². The molecule has 1 saturated heterocycles. The molecule has 0 bridgehead atoms. The first-order valence-corrected chi connectivity index (χ1v) is 15.8. The maximum absolute atomic E-state index is 15.1. The summed E-state index contributed by atoms with van der Waals surface area (Å²) in [4.78, 5) is 18.7. The van der Waals surface area contributed by atoms with Gasteiger partial charge >= 0.3 is 0 Å². The first kappa shape index (κ1) is 32.2. The smallest absolute Gasteiger partial charge is 0.154 e. The van der Waals surface area contributed by atoms with Crippen molar-refractivity contribution < 1.29 is 22.7 Å². The van der Waals surface area contributed by atoms with Gasteiger partial charge in [0.05, 0.1) is 24.4 Å². The van der Waals surface area contributed by atoms with E-state index in [0.717, 1.165) is 23.4 Å². The molecule has 2 heterocycles. The van der Waals surface area contributed by atoms with E-state index >= 15 is 4.39 Å². The number of halogens is 4. The van der Waals surface area contributed by atoms with Crippen LogP contribution in [0.1, 0.15) is 34.6 Å². The Morgan fingerprint density at radius 1 is 0.932 bits per heavy atom. The first-order valence-electron chi connectivity index (χ1n) is 14.4. The molecule has 1 aliphatic rings. The highest BCUT2D eigenvalue weighted by molar-refractivity contribution is 7.99. The SMILES string of the molecule is N[C@H](C(=O)Cc1cncc(F)c1CC[C@@H]1CNC[C@@H](CSc2ccc(Cl)cc2)O1)C(c1ccc(F)cc1)c1ccc(F)cc1. The zero-order valence-electron chi connectivity index (χ0n) is 23.9. The number of ether oxygens (including phenoxy) is 1. The molecule has 4 aromatic rings. The summed E-state index contributed by atoms with van der Waals surface area (Å²) in [5.74, 6) is -1.58. The molecule has 3 N–H and O–H groups in total. The number of hydrogen-bond donors (Lipinski definition) is 2. The Labute approximate surface area is 264 Å². The predicted octanol–water partition coefficient (Wildman–Crippen LogP) is 6.51. The molecule has 0 unspecified atom stereocenters. The fourth-order valence-electron chi connectivity index (χ4n) is 5.44. The van der Waals surface area contributed by atoms with E-state index in [1.807, 2.05) is 24.3 Å². The quantitative estimate of drug-likeness (QED) is 0.172. The molecule has 0 spiro atoms. The largest absolute Gasteiger partial charge is 0.371 e. The number of rotatable bonds is 12. The van der Waals surface area contributed by atoms with E-state index in [-0.39, 0.29) is 24.4 Å². The molecule has 1 fully saturated rings. The van der Waals surface area contributed by atoms with E-state index in [4.69, 9.17) is 22.1 Å². The van der Waals surface area contributed by atoms with Gasteiger partial charge in [0, 0.05) is 47.3 Å². The van der Waals surface area contributed by atoms with Crippen molar-refractivity contribution in [2.24, 2.45) is 5.73 Å². The fourth-order valence-corrected chi connectivity index (χ4v) is 6.47. The van der Waals surface area contributed by atoms with Gasteiger partial charge in [0.25, 0.3) is 0 Å². The van der Waals surface area contributed by atoms with Gasteiger partial charge in [-0.1, -0.05) is 35.9 Å². The first-order chi connectivity index (χ1) is 21.3. The summed E-state index contributed by atoms with van der Waals surface area (Å²) >= 11 is 7.67. The molecule has 0 radical (unpaired) electrons. The number of carbonyl (C=O) groups excluding carboxylic acids is 1. The molecule has 230 valence electrons. The highest BCUT2D eigenvalue weighted by Gasteiger charge is 2.29. The Balaban J connectivity index is 1.25. The Hall–Kier alpha value is -3.21. The molecular formula is C34H33ClF3N3O2S. The van der Waals surface area contributed by atoms with Gasteiger partial charge in [-0.05, 0) is 83.6 Å². The second kappa shape index (κ2) is 15.2. The summed E-state index contributed by atoms with van der Waals surface area (Å²) < 4.78 is 48.8. The van der Waals surface area contributed by atoms with Crippen LogP contribution < -0.4 is 11.1 Å². The minimum Gasteiger partial charge on any atom is -0.371 e. The van der Waals surface area contributed by atoms with Gasteiger partial charge in [-0.2, -0.15) is 0 Å². The number of nitrogens with zero attached hydrogens (tertiary/aromatic N) is 1. The Bertz CT molecular complexity index is 1500. The van der Waals surface area contributed by atoms with Crippen LogP contribution in [0.2, 0.25) is 5.02 Å². The Morgan fingerprint density at radius 3 is 2.18 bits per heavy atom.